The van der Waals surface area contributed by atoms with Crippen molar-refractivity contribution in [1.82, 2.24) is 9.88 Å². The van der Waals surface area contributed by atoms with Crippen LogP contribution in [0, 0.1) is 11.8 Å². The number of hydrogen-bond donors (Lipinski definition) is 0. The summed E-state index contributed by atoms with van der Waals surface area (Å²) >= 11 is 0. The van der Waals surface area contributed by atoms with Crippen molar-refractivity contribution in [2.24, 2.45) is 11.8 Å². The van der Waals surface area contributed by atoms with E-state index >= 15 is 0 Å². The summed E-state index contributed by atoms with van der Waals surface area (Å²) in [6.07, 6.45) is 4.35. The third-order valence-electron chi connectivity index (χ3n) is 4.74. The molecule has 0 radical (unpaired) electrons. The van der Waals surface area contributed by atoms with E-state index in [1.54, 1.807) is 12.3 Å². The van der Waals surface area contributed by atoms with Crippen LogP contribution in [0.4, 0.5) is 0 Å². The van der Waals surface area contributed by atoms with E-state index in [0.29, 0.717) is 31.4 Å². The normalized spacial score (nSPS) is 31.4. The molecule has 4 rings (SSSR count). The molecule has 2 aliphatic heterocycles. The smallest absolute Gasteiger partial charge is 0.272 e. The summed E-state index contributed by atoms with van der Waals surface area (Å²) in [5, 5.41) is 0. The third kappa shape index (κ3) is 2.56. The van der Waals surface area contributed by atoms with Crippen LogP contribution >= 0.6 is 0 Å². The molecular weight excluding hydrogens is 268 g/mol. The van der Waals surface area contributed by atoms with E-state index in [-0.39, 0.29) is 18.1 Å². The summed E-state index contributed by atoms with van der Waals surface area (Å²) in [6, 6.07) is 5.58. The Morgan fingerprint density at radius 2 is 2.29 bits per heavy atom. The fourth-order valence-electron chi connectivity index (χ4n) is 3.29. The molecule has 5 heteroatoms. The van der Waals surface area contributed by atoms with Crippen LogP contribution in [0.1, 0.15) is 23.3 Å². The van der Waals surface area contributed by atoms with Crippen LogP contribution in [0.25, 0.3) is 0 Å². The summed E-state index contributed by atoms with van der Waals surface area (Å²) in [7, 11) is 0. The maximum absolute atomic E-state index is 12.6. The molecule has 2 saturated heterocycles. The summed E-state index contributed by atoms with van der Waals surface area (Å²) in [5.41, 5.74) is 0.506. The second-order valence-electron chi connectivity index (χ2n) is 6.26. The van der Waals surface area contributed by atoms with Crippen molar-refractivity contribution in [1.29, 1.82) is 0 Å². The van der Waals surface area contributed by atoms with E-state index in [2.05, 4.69) is 4.98 Å². The zero-order chi connectivity index (χ0) is 14.2. The predicted molar refractivity (Wildman–Crippen MR) is 75.8 cm³/mol. The van der Waals surface area contributed by atoms with Crippen LogP contribution in [-0.2, 0) is 9.47 Å². The van der Waals surface area contributed by atoms with Gasteiger partial charge in [0.1, 0.15) is 5.69 Å². The van der Waals surface area contributed by atoms with Gasteiger partial charge < -0.3 is 14.4 Å². The van der Waals surface area contributed by atoms with Crippen molar-refractivity contribution < 1.29 is 14.3 Å². The van der Waals surface area contributed by atoms with Gasteiger partial charge in [-0.25, -0.2) is 0 Å². The number of likely N-dealkylation sites (tertiary alicyclic amines) is 1. The minimum atomic E-state index is -0.00591. The van der Waals surface area contributed by atoms with Crippen molar-refractivity contribution in [3.05, 3.63) is 30.1 Å². The highest BCUT2D eigenvalue weighted by Gasteiger charge is 2.48. The van der Waals surface area contributed by atoms with E-state index in [4.69, 9.17) is 9.47 Å². The van der Waals surface area contributed by atoms with Crippen LogP contribution in [0.3, 0.4) is 0 Å². The minimum Gasteiger partial charge on any atom is -0.379 e. The molecule has 3 heterocycles. The van der Waals surface area contributed by atoms with Gasteiger partial charge in [-0.05, 0) is 30.9 Å². The van der Waals surface area contributed by atoms with Gasteiger partial charge in [0.05, 0.1) is 25.4 Å². The molecule has 1 amide bonds. The Kier molecular flexibility index (Phi) is 3.39. The largest absolute Gasteiger partial charge is 0.379 e. The first kappa shape index (κ1) is 13.2. The Balaban J connectivity index is 1.48. The zero-order valence-corrected chi connectivity index (χ0v) is 12.0. The van der Waals surface area contributed by atoms with E-state index in [1.807, 2.05) is 17.0 Å². The lowest BCUT2D eigenvalue weighted by Gasteiger charge is -2.21. The average molecular weight is 288 g/mol. The fraction of sp³-hybridized carbons (Fsp3) is 0.625. The van der Waals surface area contributed by atoms with Gasteiger partial charge in [-0.2, -0.15) is 0 Å². The highest BCUT2D eigenvalue weighted by Crippen LogP contribution is 2.35. The average Bonchev–Trinajstić information content (AvgIpc) is 3.11. The van der Waals surface area contributed by atoms with Crippen LogP contribution in [0.5, 0.6) is 0 Å². The Morgan fingerprint density at radius 1 is 1.38 bits per heavy atom. The van der Waals surface area contributed by atoms with Crippen LogP contribution < -0.4 is 0 Å². The van der Waals surface area contributed by atoms with Gasteiger partial charge >= 0.3 is 0 Å². The van der Waals surface area contributed by atoms with E-state index in [9.17, 15) is 4.79 Å². The molecule has 0 spiro atoms. The van der Waals surface area contributed by atoms with E-state index < -0.39 is 0 Å². The lowest BCUT2D eigenvalue weighted by molar-refractivity contribution is 0.0140. The number of fused-ring (bicyclic) bond motifs is 1. The van der Waals surface area contributed by atoms with Crippen molar-refractivity contribution >= 4 is 5.91 Å². The Hall–Kier alpha value is -1.46. The van der Waals surface area contributed by atoms with Crippen molar-refractivity contribution in [3.8, 4) is 0 Å². The second kappa shape index (κ2) is 5.39. The Bertz CT molecular complexity index is 518. The molecule has 3 atom stereocenters. The van der Waals surface area contributed by atoms with E-state index in [0.717, 1.165) is 12.5 Å². The summed E-state index contributed by atoms with van der Waals surface area (Å²) in [5.74, 6) is 1.05. The lowest BCUT2D eigenvalue weighted by Crippen LogP contribution is -2.38. The highest BCUT2D eigenvalue weighted by atomic mass is 16.5. The molecule has 1 aromatic rings. The fourth-order valence-corrected chi connectivity index (χ4v) is 3.29. The topological polar surface area (TPSA) is 51.7 Å². The first-order valence-corrected chi connectivity index (χ1v) is 7.74. The Labute approximate surface area is 124 Å². The van der Waals surface area contributed by atoms with Gasteiger partial charge in [0, 0.05) is 25.3 Å². The molecular formula is C16H20N2O3. The molecule has 0 unspecified atom stereocenters. The molecule has 1 saturated carbocycles. The maximum atomic E-state index is 12.6. The van der Waals surface area contributed by atoms with Gasteiger partial charge in [0.2, 0.25) is 0 Å². The van der Waals surface area contributed by atoms with Gasteiger partial charge in [0.25, 0.3) is 5.91 Å². The SMILES string of the molecule is O=C(c1ccccn1)N1C[C@@H](OCC2CC2)[C@@H]2COC[C@@H]21. The first-order chi connectivity index (χ1) is 10.3. The summed E-state index contributed by atoms with van der Waals surface area (Å²) in [6.45, 7) is 2.82. The molecule has 3 fully saturated rings. The van der Waals surface area contributed by atoms with Crippen molar-refractivity contribution in [2.75, 3.05) is 26.4 Å². The minimum absolute atomic E-state index is 0.00591. The van der Waals surface area contributed by atoms with Crippen LogP contribution in [-0.4, -0.2) is 54.3 Å². The first-order valence-electron chi connectivity index (χ1n) is 7.74. The number of pyridine rings is 1. The van der Waals surface area contributed by atoms with Crippen LogP contribution in [0.2, 0.25) is 0 Å². The van der Waals surface area contributed by atoms with Crippen molar-refractivity contribution in [3.63, 3.8) is 0 Å². The zero-order valence-electron chi connectivity index (χ0n) is 12.0. The van der Waals surface area contributed by atoms with Gasteiger partial charge in [-0.1, -0.05) is 6.07 Å². The number of rotatable bonds is 4. The molecule has 1 aromatic heterocycles. The number of nitrogens with zero attached hydrogens (tertiary/aromatic N) is 2. The highest BCUT2D eigenvalue weighted by molar-refractivity contribution is 5.92. The monoisotopic (exact) mass is 288 g/mol. The number of amides is 1. The molecule has 21 heavy (non-hydrogen) atoms. The van der Waals surface area contributed by atoms with Gasteiger partial charge in [-0.3, -0.25) is 9.78 Å². The van der Waals surface area contributed by atoms with E-state index in [1.165, 1.54) is 12.8 Å². The second-order valence-corrected chi connectivity index (χ2v) is 6.26. The summed E-state index contributed by atoms with van der Waals surface area (Å²) in [4.78, 5) is 18.7. The molecule has 112 valence electrons. The van der Waals surface area contributed by atoms with Gasteiger partial charge in [0.15, 0.2) is 0 Å². The number of carbonyl (C=O) groups is 1. The molecule has 0 aromatic carbocycles. The molecule has 0 bridgehead atoms. The number of hydrogen-bond acceptors (Lipinski definition) is 4. The Morgan fingerprint density at radius 3 is 3.05 bits per heavy atom. The molecule has 5 nitrogen and oxygen atoms in total. The van der Waals surface area contributed by atoms with Gasteiger partial charge in [-0.15, -0.1) is 0 Å². The van der Waals surface area contributed by atoms with Crippen LogP contribution in [0.15, 0.2) is 24.4 Å². The summed E-state index contributed by atoms with van der Waals surface area (Å²) < 4.78 is 11.6. The van der Waals surface area contributed by atoms with Crippen molar-refractivity contribution in [2.45, 2.75) is 25.0 Å². The lowest BCUT2D eigenvalue weighted by atomic mass is 10.0. The molecule has 1 aliphatic carbocycles. The number of aromatic nitrogens is 1. The maximum Gasteiger partial charge on any atom is 0.272 e. The molecule has 3 aliphatic rings. The standard InChI is InChI=1S/C16H20N2O3/c19-16(13-3-1-2-6-17-13)18-7-15(21-8-11-4-5-11)12-9-20-10-14(12)18/h1-3,6,11-12,14-15H,4-5,7-10H2/t12-,14+,15-/m1/s1. The predicted octanol–water partition coefficient (Wildman–Crippen LogP) is 1.35. The molecule has 0 N–H and O–H groups in total. The number of ether oxygens (including phenoxy) is 2. The number of carbonyl (C=O) groups excluding carboxylic acids is 1. The quantitative estimate of drug-likeness (QED) is 0.839. The third-order valence-corrected chi connectivity index (χ3v) is 4.74.